The number of aliphatic hydroxyl groups is 1. The number of aliphatic hydroxyl groups excluding tert-OH is 1. The third-order valence-corrected chi connectivity index (χ3v) is 3.92. The summed E-state index contributed by atoms with van der Waals surface area (Å²) >= 11 is 0. The molecule has 0 aliphatic rings. The molecule has 0 aromatic carbocycles. The number of alkyl halides is 15. The first-order chi connectivity index (χ1) is 14.8. The zero-order valence-electron chi connectivity index (χ0n) is 16.0. The third-order valence-electron chi connectivity index (χ3n) is 3.92. The van der Waals surface area contributed by atoms with Crippen LogP contribution in [0.4, 0.5) is 65.9 Å². The largest absolute Gasteiger partial charge is 0.460 e. The van der Waals surface area contributed by atoms with Crippen LogP contribution in [0, 0.1) is 0 Å². The van der Waals surface area contributed by atoms with Gasteiger partial charge in [-0.15, -0.1) is 0 Å². The minimum atomic E-state index is -8.48. The van der Waals surface area contributed by atoms with Crippen molar-refractivity contribution in [2.75, 3.05) is 19.8 Å². The summed E-state index contributed by atoms with van der Waals surface area (Å²) in [7, 11) is 0. The molecule has 19 heteroatoms. The molecule has 1 N–H and O–H groups in total. The van der Waals surface area contributed by atoms with Crippen LogP contribution in [0.3, 0.4) is 0 Å². The molecule has 1 atom stereocenters. The maximum Gasteiger partial charge on any atom is 0.438 e. The van der Waals surface area contributed by atoms with Gasteiger partial charge in [-0.3, -0.25) is 0 Å². The van der Waals surface area contributed by atoms with Gasteiger partial charge in [0, 0.05) is 12.5 Å². The van der Waals surface area contributed by atoms with E-state index in [2.05, 4.69) is 16.1 Å². The van der Waals surface area contributed by atoms with E-state index < -0.39 is 80.0 Å². The Hall–Kier alpha value is -1.92. The van der Waals surface area contributed by atoms with Crippen molar-refractivity contribution in [3.8, 4) is 0 Å². The van der Waals surface area contributed by atoms with E-state index >= 15 is 0 Å². The first-order valence-corrected chi connectivity index (χ1v) is 8.23. The van der Waals surface area contributed by atoms with Gasteiger partial charge in [0.25, 0.3) is 0 Å². The van der Waals surface area contributed by atoms with E-state index in [4.69, 9.17) is 0 Å². The van der Waals surface area contributed by atoms with Gasteiger partial charge in [0.05, 0.1) is 13.2 Å². The van der Waals surface area contributed by atoms with E-state index in [1.54, 1.807) is 0 Å². The van der Waals surface area contributed by atoms with Crippen LogP contribution in [0.2, 0.25) is 0 Å². The molecule has 0 saturated heterocycles. The van der Waals surface area contributed by atoms with Crippen molar-refractivity contribution >= 4 is 5.97 Å². The lowest BCUT2D eigenvalue weighted by Crippen LogP contribution is -2.75. The van der Waals surface area contributed by atoms with Crippen molar-refractivity contribution in [3.63, 3.8) is 0 Å². The molecule has 1 unspecified atom stereocenters. The lowest BCUT2D eigenvalue weighted by molar-refractivity contribution is -0.457. The first-order valence-electron chi connectivity index (χ1n) is 8.23. The van der Waals surface area contributed by atoms with E-state index in [0.29, 0.717) is 6.08 Å². The van der Waals surface area contributed by atoms with E-state index in [9.17, 15) is 75.8 Å². The topological polar surface area (TPSA) is 55.8 Å². The number of halogens is 15. The highest BCUT2D eigenvalue weighted by Gasteiger charge is 2.95. The molecular weight excluding hydrogens is 529 g/mol. The van der Waals surface area contributed by atoms with Gasteiger partial charge in [-0.1, -0.05) is 6.58 Å². The van der Waals surface area contributed by atoms with Crippen molar-refractivity contribution in [3.05, 3.63) is 12.7 Å². The summed E-state index contributed by atoms with van der Waals surface area (Å²) in [4.78, 5) is 10.7. The Morgan fingerprint density at radius 1 is 0.765 bits per heavy atom. The maximum absolute atomic E-state index is 13.6. The number of rotatable bonds is 12. The normalized spacial score (nSPS) is 15.8. The molecule has 0 aliphatic heterocycles. The average molecular weight is 542 g/mol. The Labute approximate surface area is 179 Å². The maximum atomic E-state index is 13.6. The van der Waals surface area contributed by atoms with Crippen molar-refractivity contribution in [2.45, 2.75) is 54.2 Å². The lowest BCUT2D eigenvalue weighted by atomic mass is 9.85. The molecule has 0 aromatic heterocycles. The second-order valence-electron chi connectivity index (χ2n) is 6.39. The summed E-state index contributed by atoms with van der Waals surface area (Å²) in [5.74, 6) is -32.0. The van der Waals surface area contributed by atoms with Crippen LogP contribution in [-0.4, -0.2) is 78.7 Å². The van der Waals surface area contributed by atoms with Gasteiger partial charge in [0.2, 0.25) is 0 Å². The highest BCUT2D eigenvalue weighted by Crippen LogP contribution is 2.64. The fourth-order valence-electron chi connectivity index (χ4n) is 2.02. The molecule has 0 aliphatic carbocycles. The third kappa shape index (κ3) is 5.65. The lowest BCUT2D eigenvalue weighted by Gasteiger charge is -2.43. The Morgan fingerprint density at radius 2 is 1.21 bits per heavy atom. The van der Waals surface area contributed by atoms with Crippen LogP contribution in [0.15, 0.2) is 12.7 Å². The smallest absolute Gasteiger partial charge is 0.438 e. The summed E-state index contributed by atoms with van der Waals surface area (Å²) in [6.07, 6.45) is -19.9. The average Bonchev–Trinajstić information content (AvgIpc) is 2.66. The summed E-state index contributed by atoms with van der Waals surface area (Å²) in [6, 6.07) is 0. The predicted molar refractivity (Wildman–Crippen MR) is 78.3 cm³/mol. The van der Waals surface area contributed by atoms with Gasteiger partial charge in [-0.05, 0) is 0 Å². The van der Waals surface area contributed by atoms with Gasteiger partial charge >= 0.3 is 47.7 Å². The van der Waals surface area contributed by atoms with Crippen molar-refractivity contribution in [2.24, 2.45) is 0 Å². The molecule has 0 radical (unpaired) electrons. The molecule has 4 nitrogen and oxygen atoms in total. The summed E-state index contributed by atoms with van der Waals surface area (Å²) < 4.78 is 204. The summed E-state index contributed by atoms with van der Waals surface area (Å²) in [5, 5.41) is 9.21. The predicted octanol–water partition coefficient (Wildman–Crippen LogP) is 4.86. The highest BCUT2D eigenvalue weighted by atomic mass is 19.4. The van der Waals surface area contributed by atoms with Crippen LogP contribution < -0.4 is 0 Å². The quantitative estimate of drug-likeness (QED) is 0.166. The van der Waals surface area contributed by atoms with Crippen LogP contribution in [0.1, 0.15) is 6.42 Å². The Kier molecular flexibility index (Phi) is 9.42. The molecule has 0 bridgehead atoms. The Balaban J connectivity index is 5.71. The fraction of sp³-hybridized carbons (Fsp3) is 0.800. The molecule has 0 rings (SSSR count). The fourth-order valence-corrected chi connectivity index (χ4v) is 2.02. The minimum Gasteiger partial charge on any atom is -0.460 e. The number of carbonyl (C=O) groups excluding carboxylic acids is 1. The van der Waals surface area contributed by atoms with Gasteiger partial charge in [-0.2, -0.15) is 61.5 Å². The van der Waals surface area contributed by atoms with Gasteiger partial charge in [0.1, 0.15) is 12.7 Å². The molecule has 34 heavy (non-hydrogen) atoms. The summed E-state index contributed by atoms with van der Waals surface area (Å²) in [6.45, 7) is -0.896. The monoisotopic (exact) mass is 542 g/mol. The number of hydrogen-bond acceptors (Lipinski definition) is 4. The Morgan fingerprint density at radius 3 is 1.59 bits per heavy atom. The van der Waals surface area contributed by atoms with Gasteiger partial charge in [-0.25, -0.2) is 9.18 Å². The standard InChI is InChI=1S/C15H13F15O4/c1-2-8(32)34-6-7(31)5-33-4-3-9(16,17)11(19,20)13(23,24)12(21,22)10(18,14(25,26)27)15(28,29)30/h2,7,31H,1,3-6H2. The van der Waals surface area contributed by atoms with Crippen molar-refractivity contribution < 1.29 is 85.2 Å². The molecular formula is C15H13F15O4. The van der Waals surface area contributed by atoms with Crippen molar-refractivity contribution in [1.82, 2.24) is 0 Å². The number of carbonyl (C=O) groups is 1. The summed E-state index contributed by atoms with van der Waals surface area (Å²) in [5.41, 5.74) is -8.35. The number of ether oxygens (including phenoxy) is 2. The second-order valence-corrected chi connectivity index (χ2v) is 6.39. The number of esters is 1. The molecule has 0 spiro atoms. The second kappa shape index (κ2) is 9.98. The number of hydrogen-bond donors (Lipinski definition) is 1. The SMILES string of the molecule is C=CC(=O)OCC(O)COCCC(F)(F)C(F)(F)C(F)(F)C(F)(F)C(F)(C(F)(F)F)C(F)(F)F. The van der Waals surface area contributed by atoms with E-state index in [-0.39, 0.29) is 0 Å². The molecule has 0 amide bonds. The van der Waals surface area contributed by atoms with E-state index in [0.717, 1.165) is 0 Å². The van der Waals surface area contributed by atoms with Gasteiger partial charge < -0.3 is 14.6 Å². The minimum absolute atomic E-state index is 0.607. The Bertz CT molecular complexity index is 700. The van der Waals surface area contributed by atoms with Crippen LogP contribution in [0.25, 0.3) is 0 Å². The molecule has 0 aromatic rings. The van der Waals surface area contributed by atoms with E-state index in [1.807, 2.05) is 0 Å². The zero-order chi connectivity index (χ0) is 27.6. The molecule has 0 fully saturated rings. The first kappa shape index (κ1) is 32.1. The van der Waals surface area contributed by atoms with Gasteiger partial charge in [0.15, 0.2) is 0 Å². The van der Waals surface area contributed by atoms with Crippen LogP contribution in [-0.2, 0) is 14.3 Å². The molecule has 0 heterocycles. The molecule has 202 valence electrons. The van der Waals surface area contributed by atoms with E-state index in [1.165, 1.54) is 0 Å². The van der Waals surface area contributed by atoms with Crippen LogP contribution >= 0.6 is 0 Å². The van der Waals surface area contributed by atoms with Crippen LogP contribution in [0.5, 0.6) is 0 Å². The zero-order valence-corrected chi connectivity index (χ0v) is 16.0. The highest BCUT2D eigenvalue weighted by molar-refractivity contribution is 5.81. The van der Waals surface area contributed by atoms with Crippen molar-refractivity contribution in [1.29, 1.82) is 0 Å². The molecule has 0 saturated carbocycles.